The fourth-order valence-corrected chi connectivity index (χ4v) is 9.11. The highest BCUT2D eigenvalue weighted by Crippen LogP contribution is 2.63. The van der Waals surface area contributed by atoms with Gasteiger partial charge in [-0.05, 0) is 57.6 Å². The van der Waals surface area contributed by atoms with Crippen molar-refractivity contribution in [3.05, 3.63) is 145 Å². The van der Waals surface area contributed by atoms with Gasteiger partial charge in [-0.1, -0.05) is 121 Å². The topological polar surface area (TPSA) is 26.3 Å². The van der Waals surface area contributed by atoms with Crippen molar-refractivity contribution in [1.82, 2.24) is 0 Å². The van der Waals surface area contributed by atoms with Crippen LogP contribution >= 0.6 is 8.01 Å². The van der Waals surface area contributed by atoms with Crippen LogP contribution in [0.5, 0.6) is 0 Å². The van der Waals surface area contributed by atoms with Crippen LogP contribution in [0.15, 0.2) is 142 Å². The van der Waals surface area contributed by atoms with E-state index >= 15 is 0 Å². The molecule has 0 spiro atoms. The molecule has 8 rings (SSSR count). The molecular weight excluding hydrogens is 507 g/mol. The van der Waals surface area contributed by atoms with Crippen molar-refractivity contribution in [2.24, 2.45) is 0 Å². The summed E-state index contributed by atoms with van der Waals surface area (Å²) in [6.45, 7) is 0. The predicted octanol–water partition coefficient (Wildman–Crippen LogP) is 11.5. The normalized spacial score (nSPS) is 17.7. The molecule has 40 heavy (non-hydrogen) atoms. The minimum absolute atomic E-state index is 0.219. The number of hydrogen-bond acceptors (Lipinski definition) is 2. The van der Waals surface area contributed by atoms with Crippen LogP contribution in [0.3, 0.4) is 0 Å². The maximum Gasteiger partial charge on any atom is 0.221 e. The van der Waals surface area contributed by atoms with E-state index in [2.05, 4.69) is 133 Å². The van der Waals surface area contributed by atoms with Gasteiger partial charge >= 0.3 is 0 Å². The molecule has 2 nitrogen and oxygen atoms in total. The zero-order chi connectivity index (χ0) is 26.5. The average molecular weight is 537 g/mol. The second-order valence-electron chi connectivity index (χ2n) is 10.9. The molecule has 7 aromatic rings. The Hall–Kier alpha value is -4.26. The van der Waals surface area contributed by atoms with Crippen LogP contribution < -0.4 is 0 Å². The predicted molar refractivity (Wildman–Crippen MR) is 168 cm³/mol. The molecule has 1 heterocycles. The van der Waals surface area contributed by atoms with E-state index in [0.29, 0.717) is 11.8 Å². The molecule has 1 saturated carbocycles. The van der Waals surface area contributed by atoms with Gasteiger partial charge in [0.1, 0.15) is 11.2 Å². The van der Waals surface area contributed by atoms with Crippen LogP contribution in [0.4, 0.5) is 0 Å². The number of rotatable bonds is 3. The molecule has 194 valence electrons. The molecular formula is C37H29O2P. The van der Waals surface area contributed by atoms with Crippen molar-refractivity contribution in [3.63, 3.8) is 0 Å². The van der Waals surface area contributed by atoms with Gasteiger partial charge in [-0.15, -0.1) is 0 Å². The van der Waals surface area contributed by atoms with Crippen LogP contribution in [0.2, 0.25) is 0 Å². The van der Waals surface area contributed by atoms with Crippen LogP contribution in [-0.4, -0.2) is 0 Å². The smallest absolute Gasteiger partial charge is 0.221 e. The third-order valence-electron chi connectivity index (χ3n) is 8.72. The lowest BCUT2D eigenvalue weighted by Crippen LogP contribution is -2.05. The lowest BCUT2D eigenvalue weighted by atomic mass is 9.92. The van der Waals surface area contributed by atoms with E-state index in [-0.39, 0.29) is 5.66 Å². The van der Waals surface area contributed by atoms with Crippen molar-refractivity contribution < 1.29 is 8.39 Å². The quantitative estimate of drug-likeness (QED) is 0.224. The van der Waals surface area contributed by atoms with Crippen LogP contribution in [0.25, 0.3) is 43.5 Å². The fraction of sp³-hybridized carbons (Fsp3) is 0.135. The van der Waals surface area contributed by atoms with Gasteiger partial charge in [0.15, 0.2) is 0 Å². The largest absolute Gasteiger partial charge is 0.419 e. The second kappa shape index (κ2) is 9.73. The molecule has 2 atom stereocenters. The zero-order valence-corrected chi connectivity index (χ0v) is 23.0. The van der Waals surface area contributed by atoms with E-state index in [1.54, 1.807) is 0 Å². The number of benzene rings is 6. The molecule has 1 aliphatic carbocycles. The van der Waals surface area contributed by atoms with E-state index in [9.17, 15) is 0 Å². The van der Waals surface area contributed by atoms with Crippen LogP contribution in [-0.2, 0) is 0 Å². The van der Waals surface area contributed by atoms with Crippen molar-refractivity contribution in [1.29, 1.82) is 0 Å². The maximum atomic E-state index is 7.13. The van der Waals surface area contributed by atoms with Gasteiger partial charge in [0.2, 0.25) is 8.01 Å². The zero-order valence-electron chi connectivity index (χ0n) is 22.1. The molecule has 1 aliphatic rings. The van der Waals surface area contributed by atoms with Gasteiger partial charge in [-0.3, -0.25) is 0 Å². The lowest BCUT2D eigenvalue weighted by molar-refractivity contribution is 0.560. The Labute approximate surface area is 234 Å². The molecule has 0 amide bonds. The van der Waals surface area contributed by atoms with Gasteiger partial charge in [-0.2, -0.15) is 0 Å². The Kier molecular flexibility index (Phi) is 5.75. The van der Waals surface area contributed by atoms with E-state index in [1.807, 2.05) is 0 Å². The van der Waals surface area contributed by atoms with Gasteiger partial charge in [0, 0.05) is 22.6 Å². The van der Waals surface area contributed by atoms with Gasteiger partial charge in [0.05, 0.1) is 5.66 Å². The molecule has 3 heteroatoms. The maximum absolute atomic E-state index is 7.13. The van der Waals surface area contributed by atoms with Crippen molar-refractivity contribution in [2.75, 3.05) is 0 Å². The second-order valence-corrected chi connectivity index (χ2v) is 12.4. The molecule has 6 aromatic carbocycles. The Balaban J connectivity index is 1.48. The molecule has 0 unspecified atom stereocenters. The summed E-state index contributed by atoms with van der Waals surface area (Å²) in [6, 6.07) is 47.9. The monoisotopic (exact) mass is 536 g/mol. The molecule has 0 saturated heterocycles. The minimum Gasteiger partial charge on any atom is -0.419 e. The summed E-state index contributed by atoms with van der Waals surface area (Å²) in [5.74, 6) is 0.729. The van der Waals surface area contributed by atoms with Crippen LogP contribution in [0.1, 0.15) is 41.5 Å². The standard InChI is InChI=1S/C37H29O2P/c1-3-11-25(12-4-1)31-21-22-32(26-13-5-2-6-14-26)37(31)40-38-33-23-19-27-15-7-9-17-29(27)35(33)36-30-18-10-8-16-28(30)20-24-34(36)39-40/h1-20,23-24,31-32,37H,21-22H2/t31-,32-/m1/s1. The fourth-order valence-electron chi connectivity index (χ4n) is 6.91. The Morgan fingerprint density at radius 3 is 1.35 bits per heavy atom. The number of hydrogen-bond donors (Lipinski definition) is 0. The summed E-state index contributed by atoms with van der Waals surface area (Å²) in [4.78, 5) is 0. The van der Waals surface area contributed by atoms with Crippen molar-refractivity contribution in [2.45, 2.75) is 30.3 Å². The minimum atomic E-state index is -1.31. The first-order chi connectivity index (χ1) is 19.8. The first-order valence-corrected chi connectivity index (χ1v) is 15.4. The summed E-state index contributed by atoms with van der Waals surface area (Å²) >= 11 is 0. The SMILES string of the molecule is c1ccc([C@H]2CC[C@H](c3ccccc3)C2p2oc3ccc4ccccc4c3c3c(ccc4ccccc43)o2)cc1. The van der Waals surface area contributed by atoms with Gasteiger partial charge in [0.25, 0.3) is 0 Å². The Morgan fingerprint density at radius 2 is 0.875 bits per heavy atom. The summed E-state index contributed by atoms with van der Waals surface area (Å²) in [6.07, 6.45) is 2.24. The first kappa shape index (κ1) is 23.6. The third-order valence-corrected chi connectivity index (χ3v) is 10.7. The molecule has 1 aromatic heterocycles. The molecule has 0 radical (unpaired) electrons. The highest BCUT2D eigenvalue weighted by molar-refractivity contribution is 7.37. The Morgan fingerprint density at radius 1 is 0.450 bits per heavy atom. The molecule has 0 bridgehead atoms. The van der Waals surface area contributed by atoms with Crippen LogP contribution in [0, 0.1) is 0 Å². The summed E-state index contributed by atoms with van der Waals surface area (Å²) in [5, 5.41) is 7.09. The van der Waals surface area contributed by atoms with Crippen molar-refractivity contribution in [3.8, 4) is 0 Å². The third kappa shape index (κ3) is 3.86. The Bertz CT molecular complexity index is 1880. The average Bonchev–Trinajstić information content (AvgIpc) is 3.39. The lowest BCUT2D eigenvalue weighted by Gasteiger charge is -2.23. The molecule has 0 N–H and O–H groups in total. The van der Waals surface area contributed by atoms with E-state index in [1.165, 1.54) is 32.7 Å². The van der Waals surface area contributed by atoms with E-state index < -0.39 is 8.01 Å². The molecule has 0 aliphatic heterocycles. The highest BCUT2D eigenvalue weighted by atomic mass is 31.1. The number of fused-ring (bicyclic) bond motifs is 7. The first-order valence-electron chi connectivity index (χ1n) is 14.1. The summed E-state index contributed by atoms with van der Waals surface area (Å²) in [5.41, 5.74) is 4.82. The van der Waals surface area contributed by atoms with Gasteiger partial charge < -0.3 is 8.39 Å². The summed E-state index contributed by atoms with van der Waals surface area (Å²) < 4.78 is 14.3. The van der Waals surface area contributed by atoms with Crippen molar-refractivity contribution >= 4 is 51.5 Å². The van der Waals surface area contributed by atoms with Gasteiger partial charge in [-0.25, -0.2) is 0 Å². The highest BCUT2D eigenvalue weighted by Gasteiger charge is 2.42. The van der Waals surface area contributed by atoms with E-state index in [4.69, 9.17) is 8.39 Å². The summed E-state index contributed by atoms with van der Waals surface area (Å²) in [7, 11) is -1.31. The molecule has 1 fully saturated rings. The van der Waals surface area contributed by atoms with E-state index in [0.717, 1.165) is 34.8 Å².